The van der Waals surface area contributed by atoms with Crippen molar-refractivity contribution in [3.63, 3.8) is 0 Å². The second kappa shape index (κ2) is 4.64. The third-order valence-corrected chi connectivity index (χ3v) is 4.26. The second-order valence-corrected chi connectivity index (χ2v) is 5.24. The van der Waals surface area contributed by atoms with Crippen LogP contribution in [0.2, 0.25) is 0 Å². The predicted molar refractivity (Wildman–Crippen MR) is 60.3 cm³/mol. The molecule has 2 saturated carbocycles. The number of nitrogens with one attached hydrogen (secondary N) is 1. The Labute approximate surface area is 100 Å². The van der Waals surface area contributed by atoms with Crippen LogP contribution in [0.3, 0.4) is 0 Å². The van der Waals surface area contributed by atoms with Gasteiger partial charge < -0.3 is 15.5 Å². The van der Waals surface area contributed by atoms with Gasteiger partial charge >= 0.3 is 5.97 Å². The molecule has 1 amide bonds. The molecule has 0 saturated heterocycles. The summed E-state index contributed by atoms with van der Waals surface area (Å²) in [6, 6.07) is 0. The summed E-state index contributed by atoms with van der Waals surface area (Å²) in [5.41, 5.74) is -0.888. The van der Waals surface area contributed by atoms with E-state index in [1.54, 1.807) is 0 Å². The maximum absolute atomic E-state index is 11.6. The Kier molecular flexibility index (Phi) is 3.38. The number of carboxylic acid groups (broad SMARTS) is 1. The zero-order valence-corrected chi connectivity index (χ0v) is 9.82. The zero-order valence-electron chi connectivity index (χ0n) is 9.82. The first-order valence-electron chi connectivity index (χ1n) is 6.23. The Bertz CT molecular complexity index is 312. The van der Waals surface area contributed by atoms with Crippen LogP contribution in [0.4, 0.5) is 0 Å². The normalized spacial score (nSPS) is 35.6. The minimum Gasteiger partial charge on any atom is -0.480 e. The predicted octanol–water partition coefficient (Wildman–Crippen LogP) is 0.518. The van der Waals surface area contributed by atoms with Crippen LogP contribution in [0.1, 0.15) is 38.5 Å². The molecule has 1 unspecified atom stereocenters. The molecule has 2 aliphatic rings. The lowest BCUT2D eigenvalue weighted by molar-refractivity contribution is -0.140. The lowest BCUT2D eigenvalue weighted by Gasteiger charge is -2.39. The molecule has 0 aromatic rings. The summed E-state index contributed by atoms with van der Waals surface area (Å²) in [5.74, 6) is -0.973. The van der Waals surface area contributed by atoms with Gasteiger partial charge in [-0.05, 0) is 37.5 Å². The molecule has 3 atom stereocenters. The molecule has 0 heterocycles. The highest BCUT2D eigenvalue weighted by atomic mass is 16.4. The van der Waals surface area contributed by atoms with Gasteiger partial charge in [0.15, 0.2) is 0 Å². The molecule has 0 spiro atoms. The van der Waals surface area contributed by atoms with Crippen molar-refractivity contribution in [1.82, 2.24) is 5.32 Å². The van der Waals surface area contributed by atoms with Gasteiger partial charge in [-0.2, -0.15) is 0 Å². The van der Waals surface area contributed by atoms with Crippen LogP contribution < -0.4 is 5.32 Å². The smallest absolute Gasteiger partial charge is 0.322 e. The second-order valence-electron chi connectivity index (χ2n) is 5.24. The third kappa shape index (κ3) is 2.44. The van der Waals surface area contributed by atoms with E-state index in [2.05, 4.69) is 5.32 Å². The largest absolute Gasteiger partial charge is 0.480 e. The van der Waals surface area contributed by atoms with Gasteiger partial charge in [-0.1, -0.05) is 6.42 Å². The van der Waals surface area contributed by atoms with E-state index in [4.69, 9.17) is 5.11 Å². The highest BCUT2D eigenvalue weighted by Crippen LogP contribution is 2.51. The van der Waals surface area contributed by atoms with Crippen LogP contribution in [0.25, 0.3) is 0 Å². The monoisotopic (exact) mass is 241 g/mol. The van der Waals surface area contributed by atoms with Gasteiger partial charge in [0.1, 0.15) is 6.54 Å². The van der Waals surface area contributed by atoms with Crippen molar-refractivity contribution in [2.45, 2.75) is 44.1 Å². The van der Waals surface area contributed by atoms with Crippen LogP contribution >= 0.6 is 0 Å². The number of carboxylic acids is 1. The number of hydrogen-bond acceptors (Lipinski definition) is 3. The molecule has 2 fully saturated rings. The standard InChI is InChI=1S/C12H19NO4/c14-10(13-7-11(15)16)6-12(17)8-2-1-3-9(12)5-4-8/h8-9,17H,1-7H2,(H,13,14)(H,15,16)/t8-,9?,12+/m1/s1. The highest BCUT2D eigenvalue weighted by molar-refractivity contribution is 5.81. The van der Waals surface area contributed by atoms with E-state index in [1.807, 2.05) is 0 Å². The maximum atomic E-state index is 11.6. The van der Waals surface area contributed by atoms with Crippen LogP contribution in [-0.2, 0) is 9.59 Å². The SMILES string of the molecule is O=C(O)CNC(=O)C[C@@]1(O)C2CCC[C@@H]1CC2. The number of aliphatic hydroxyl groups is 1. The Morgan fingerprint density at radius 3 is 2.29 bits per heavy atom. The maximum Gasteiger partial charge on any atom is 0.322 e. The lowest BCUT2D eigenvalue weighted by Crippen LogP contribution is -2.47. The van der Waals surface area contributed by atoms with Gasteiger partial charge in [-0.15, -0.1) is 0 Å². The van der Waals surface area contributed by atoms with Gasteiger partial charge in [0, 0.05) is 0 Å². The molecule has 96 valence electrons. The quantitative estimate of drug-likeness (QED) is 0.669. The Morgan fingerprint density at radius 1 is 1.18 bits per heavy atom. The number of amides is 1. The number of fused-ring (bicyclic) bond motifs is 2. The summed E-state index contributed by atoms with van der Waals surface area (Å²) in [6.45, 7) is -0.371. The van der Waals surface area contributed by atoms with Crippen molar-refractivity contribution < 1.29 is 19.8 Å². The van der Waals surface area contributed by atoms with Gasteiger partial charge in [-0.3, -0.25) is 9.59 Å². The Morgan fingerprint density at radius 2 is 1.76 bits per heavy atom. The van der Waals surface area contributed by atoms with E-state index in [-0.39, 0.29) is 30.7 Å². The van der Waals surface area contributed by atoms with Crippen molar-refractivity contribution in [2.75, 3.05) is 6.54 Å². The molecule has 0 aliphatic heterocycles. The van der Waals surface area contributed by atoms with Crippen molar-refractivity contribution in [3.05, 3.63) is 0 Å². The average molecular weight is 241 g/mol. The third-order valence-electron chi connectivity index (χ3n) is 4.26. The topological polar surface area (TPSA) is 86.6 Å². The van der Waals surface area contributed by atoms with Crippen LogP contribution in [0, 0.1) is 11.8 Å². The van der Waals surface area contributed by atoms with Crippen molar-refractivity contribution in [2.24, 2.45) is 11.8 Å². The lowest BCUT2D eigenvalue weighted by atomic mass is 9.72. The fourth-order valence-electron chi connectivity index (χ4n) is 3.42. The van der Waals surface area contributed by atoms with Crippen molar-refractivity contribution in [3.8, 4) is 0 Å². The van der Waals surface area contributed by atoms with Crippen molar-refractivity contribution in [1.29, 1.82) is 0 Å². The number of rotatable bonds is 4. The molecule has 3 N–H and O–H groups in total. The summed E-state index contributed by atoms with van der Waals surface area (Å²) >= 11 is 0. The molecule has 2 rings (SSSR count). The van der Waals surface area contributed by atoms with Gasteiger partial charge in [-0.25, -0.2) is 0 Å². The Hall–Kier alpha value is -1.10. The molecule has 2 bridgehead atoms. The molecular weight excluding hydrogens is 222 g/mol. The van der Waals surface area contributed by atoms with Gasteiger partial charge in [0.05, 0.1) is 12.0 Å². The first kappa shape index (κ1) is 12.4. The van der Waals surface area contributed by atoms with Crippen LogP contribution in [0.5, 0.6) is 0 Å². The van der Waals surface area contributed by atoms with E-state index < -0.39 is 11.6 Å². The van der Waals surface area contributed by atoms with E-state index in [0.717, 1.165) is 32.1 Å². The van der Waals surface area contributed by atoms with Gasteiger partial charge in [0.25, 0.3) is 0 Å². The van der Waals surface area contributed by atoms with Crippen molar-refractivity contribution >= 4 is 11.9 Å². The van der Waals surface area contributed by atoms with E-state index in [0.29, 0.717) is 0 Å². The summed E-state index contributed by atoms with van der Waals surface area (Å²) in [4.78, 5) is 21.9. The fraction of sp³-hybridized carbons (Fsp3) is 0.833. The van der Waals surface area contributed by atoms with E-state index in [1.165, 1.54) is 0 Å². The Balaban J connectivity index is 1.93. The van der Waals surface area contributed by atoms with Crippen LogP contribution in [0.15, 0.2) is 0 Å². The fourth-order valence-corrected chi connectivity index (χ4v) is 3.42. The molecule has 17 heavy (non-hydrogen) atoms. The zero-order chi connectivity index (χ0) is 12.5. The number of carbonyl (C=O) groups excluding carboxylic acids is 1. The van der Waals surface area contributed by atoms with Gasteiger partial charge in [0.2, 0.25) is 5.91 Å². The molecule has 5 heteroatoms. The molecule has 0 radical (unpaired) electrons. The minimum atomic E-state index is -1.06. The summed E-state index contributed by atoms with van der Waals surface area (Å²) < 4.78 is 0. The summed E-state index contributed by atoms with van der Waals surface area (Å²) in [7, 11) is 0. The minimum absolute atomic E-state index is 0.0512. The first-order chi connectivity index (χ1) is 8.02. The van der Waals surface area contributed by atoms with E-state index >= 15 is 0 Å². The molecule has 0 aromatic heterocycles. The first-order valence-corrected chi connectivity index (χ1v) is 6.23. The van der Waals surface area contributed by atoms with Crippen LogP contribution in [-0.4, -0.2) is 34.2 Å². The number of carbonyl (C=O) groups is 2. The molecule has 0 aromatic carbocycles. The molecular formula is C12H19NO4. The number of hydrogen-bond donors (Lipinski definition) is 3. The summed E-state index contributed by atoms with van der Waals surface area (Å²) in [5, 5.41) is 21.4. The number of aliphatic carboxylic acids is 1. The molecule has 2 aliphatic carbocycles. The van der Waals surface area contributed by atoms with E-state index in [9.17, 15) is 14.7 Å². The molecule has 5 nitrogen and oxygen atoms in total. The highest BCUT2D eigenvalue weighted by Gasteiger charge is 2.51. The summed E-state index contributed by atoms with van der Waals surface area (Å²) in [6.07, 6.45) is 5.14. The average Bonchev–Trinajstić information content (AvgIpc) is 2.48.